The lowest BCUT2D eigenvalue weighted by Gasteiger charge is -2.14. The zero-order valence-corrected chi connectivity index (χ0v) is 15.0. The van der Waals surface area contributed by atoms with Crippen LogP contribution in [0.2, 0.25) is 5.02 Å². The van der Waals surface area contributed by atoms with Crippen LogP contribution in [0.25, 0.3) is 10.1 Å². The first-order valence-corrected chi connectivity index (χ1v) is 8.76. The van der Waals surface area contributed by atoms with Crippen molar-refractivity contribution in [2.75, 3.05) is 11.9 Å². The summed E-state index contributed by atoms with van der Waals surface area (Å²) in [6, 6.07) is 11.9. The Kier molecular flexibility index (Phi) is 5.38. The zero-order chi connectivity index (χ0) is 19.6. The molecular formula is C18H11ClF3NO3S. The van der Waals surface area contributed by atoms with Crippen molar-refractivity contribution in [2.45, 2.75) is 6.18 Å². The number of amides is 1. The molecule has 0 unspecified atom stereocenters. The molecule has 0 aliphatic rings. The number of benzene rings is 2. The van der Waals surface area contributed by atoms with Gasteiger partial charge in [0.2, 0.25) is 0 Å². The van der Waals surface area contributed by atoms with E-state index in [1.807, 2.05) is 24.3 Å². The van der Waals surface area contributed by atoms with E-state index in [-0.39, 0.29) is 5.02 Å². The van der Waals surface area contributed by atoms with Crippen LogP contribution in [0, 0.1) is 0 Å². The van der Waals surface area contributed by atoms with Gasteiger partial charge in [-0.05, 0) is 35.7 Å². The third-order valence-corrected chi connectivity index (χ3v) is 4.85. The first kappa shape index (κ1) is 19.2. The highest BCUT2D eigenvalue weighted by Crippen LogP contribution is 2.36. The molecule has 27 heavy (non-hydrogen) atoms. The maximum absolute atomic E-state index is 13.0. The number of fused-ring (bicyclic) bond motifs is 1. The summed E-state index contributed by atoms with van der Waals surface area (Å²) in [5.74, 6) is -1.62. The summed E-state index contributed by atoms with van der Waals surface area (Å²) in [5, 5.41) is 2.83. The normalized spacial score (nSPS) is 11.4. The molecule has 4 nitrogen and oxygen atoms in total. The summed E-state index contributed by atoms with van der Waals surface area (Å²) < 4.78 is 44.8. The maximum atomic E-state index is 13.0. The average Bonchev–Trinajstić information content (AvgIpc) is 3.04. The van der Waals surface area contributed by atoms with Gasteiger partial charge in [-0.1, -0.05) is 29.8 Å². The molecule has 0 saturated heterocycles. The van der Waals surface area contributed by atoms with Crippen molar-refractivity contribution in [3.8, 4) is 0 Å². The van der Waals surface area contributed by atoms with Gasteiger partial charge in [-0.25, -0.2) is 4.79 Å². The van der Waals surface area contributed by atoms with Crippen molar-refractivity contribution in [3.05, 3.63) is 64.0 Å². The van der Waals surface area contributed by atoms with E-state index >= 15 is 0 Å². The molecule has 0 spiro atoms. The Bertz CT molecular complexity index is 983. The molecule has 0 fully saturated rings. The summed E-state index contributed by atoms with van der Waals surface area (Å²) in [6.45, 7) is -0.715. The number of anilines is 1. The number of carbonyl (C=O) groups is 2. The Balaban J connectivity index is 1.65. The fraction of sp³-hybridized carbons (Fsp3) is 0.111. The Labute approximate surface area is 160 Å². The van der Waals surface area contributed by atoms with Crippen LogP contribution in [0.5, 0.6) is 0 Å². The molecule has 0 bridgehead atoms. The number of ether oxygens (including phenoxy) is 1. The van der Waals surface area contributed by atoms with E-state index in [0.29, 0.717) is 10.9 Å². The standard InChI is InChI=1S/C18H11ClF3NO3S/c19-11-5-6-13(12(8-11)18(20,21)22)23-16(24)9-26-17(25)15-7-10-3-1-2-4-14(10)27-15/h1-8H,9H2,(H,23,24). The van der Waals surface area contributed by atoms with Gasteiger partial charge < -0.3 is 10.1 Å². The van der Waals surface area contributed by atoms with Gasteiger partial charge in [0, 0.05) is 9.72 Å². The van der Waals surface area contributed by atoms with Gasteiger partial charge >= 0.3 is 12.1 Å². The van der Waals surface area contributed by atoms with E-state index in [1.54, 1.807) is 6.07 Å². The fourth-order valence-corrected chi connectivity index (χ4v) is 3.46. The van der Waals surface area contributed by atoms with Gasteiger partial charge in [-0.2, -0.15) is 13.2 Å². The molecule has 140 valence electrons. The lowest BCUT2D eigenvalue weighted by molar-refractivity contribution is -0.137. The van der Waals surface area contributed by atoms with Crippen LogP contribution in [0.15, 0.2) is 48.5 Å². The highest BCUT2D eigenvalue weighted by Gasteiger charge is 2.34. The predicted molar refractivity (Wildman–Crippen MR) is 97.2 cm³/mol. The second-order valence-electron chi connectivity index (χ2n) is 5.46. The van der Waals surface area contributed by atoms with Crippen LogP contribution in [0.1, 0.15) is 15.2 Å². The zero-order valence-electron chi connectivity index (χ0n) is 13.5. The molecule has 1 heterocycles. The number of alkyl halides is 3. The van der Waals surface area contributed by atoms with E-state index in [2.05, 4.69) is 5.32 Å². The molecule has 1 aromatic heterocycles. The molecule has 9 heteroatoms. The number of esters is 1. The minimum Gasteiger partial charge on any atom is -0.451 e. The molecule has 0 radical (unpaired) electrons. The minimum absolute atomic E-state index is 0.114. The van der Waals surface area contributed by atoms with Crippen molar-refractivity contribution in [1.29, 1.82) is 0 Å². The van der Waals surface area contributed by atoms with Crippen LogP contribution in [-0.2, 0) is 15.7 Å². The monoisotopic (exact) mass is 413 g/mol. The Morgan fingerprint density at radius 1 is 1.11 bits per heavy atom. The number of hydrogen-bond donors (Lipinski definition) is 1. The molecule has 2 aromatic carbocycles. The lowest BCUT2D eigenvalue weighted by atomic mass is 10.1. The second-order valence-corrected chi connectivity index (χ2v) is 6.98. The molecule has 0 atom stereocenters. The van der Waals surface area contributed by atoms with Gasteiger partial charge in [-0.15, -0.1) is 11.3 Å². The van der Waals surface area contributed by atoms with E-state index in [0.717, 1.165) is 16.2 Å². The van der Waals surface area contributed by atoms with E-state index in [4.69, 9.17) is 16.3 Å². The smallest absolute Gasteiger partial charge is 0.418 e. The van der Waals surface area contributed by atoms with Crippen molar-refractivity contribution >= 4 is 50.6 Å². The molecular weight excluding hydrogens is 403 g/mol. The number of hydrogen-bond acceptors (Lipinski definition) is 4. The summed E-state index contributed by atoms with van der Waals surface area (Å²) in [4.78, 5) is 24.2. The maximum Gasteiger partial charge on any atom is 0.418 e. The van der Waals surface area contributed by atoms with Crippen LogP contribution in [-0.4, -0.2) is 18.5 Å². The lowest BCUT2D eigenvalue weighted by Crippen LogP contribution is -2.22. The average molecular weight is 414 g/mol. The molecule has 1 N–H and O–H groups in total. The van der Waals surface area contributed by atoms with Gasteiger partial charge in [-0.3, -0.25) is 4.79 Å². The molecule has 1 amide bonds. The van der Waals surface area contributed by atoms with Crippen LogP contribution in [0.3, 0.4) is 0 Å². The van der Waals surface area contributed by atoms with Crippen molar-refractivity contribution in [2.24, 2.45) is 0 Å². The largest absolute Gasteiger partial charge is 0.451 e. The number of carbonyl (C=O) groups excluding carboxylic acids is 2. The Morgan fingerprint density at radius 2 is 1.85 bits per heavy atom. The van der Waals surface area contributed by atoms with Gasteiger partial charge in [0.15, 0.2) is 6.61 Å². The van der Waals surface area contributed by atoms with Crippen molar-refractivity contribution < 1.29 is 27.5 Å². The first-order valence-electron chi connectivity index (χ1n) is 7.56. The summed E-state index contributed by atoms with van der Waals surface area (Å²) in [7, 11) is 0. The van der Waals surface area contributed by atoms with Crippen LogP contribution in [0.4, 0.5) is 18.9 Å². The van der Waals surface area contributed by atoms with Crippen molar-refractivity contribution in [3.63, 3.8) is 0 Å². The minimum atomic E-state index is -4.69. The van der Waals surface area contributed by atoms with E-state index in [9.17, 15) is 22.8 Å². The topological polar surface area (TPSA) is 55.4 Å². The van der Waals surface area contributed by atoms with E-state index in [1.165, 1.54) is 17.4 Å². The van der Waals surface area contributed by atoms with Gasteiger partial charge in [0.05, 0.1) is 11.3 Å². The number of rotatable bonds is 4. The third kappa shape index (κ3) is 4.58. The summed E-state index contributed by atoms with van der Waals surface area (Å²) in [6.07, 6.45) is -4.69. The fourth-order valence-electron chi connectivity index (χ4n) is 2.33. The number of halogens is 4. The first-order chi connectivity index (χ1) is 12.7. The molecule has 0 saturated carbocycles. The van der Waals surface area contributed by atoms with Gasteiger partial charge in [0.25, 0.3) is 5.91 Å². The van der Waals surface area contributed by atoms with Crippen molar-refractivity contribution in [1.82, 2.24) is 0 Å². The number of thiophene rings is 1. The summed E-state index contributed by atoms with van der Waals surface area (Å²) in [5.41, 5.74) is -1.55. The Hall–Kier alpha value is -2.58. The predicted octanol–water partition coefficient (Wildman–Crippen LogP) is 5.37. The SMILES string of the molecule is O=C(COC(=O)c1cc2ccccc2s1)Nc1ccc(Cl)cc1C(F)(F)F. The second kappa shape index (κ2) is 7.58. The number of nitrogens with one attached hydrogen (secondary N) is 1. The molecule has 3 aromatic rings. The Morgan fingerprint density at radius 3 is 2.56 bits per heavy atom. The quantitative estimate of drug-likeness (QED) is 0.585. The van der Waals surface area contributed by atoms with Gasteiger partial charge in [0.1, 0.15) is 4.88 Å². The van der Waals surface area contributed by atoms with Crippen LogP contribution >= 0.6 is 22.9 Å². The molecule has 0 aliphatic heterocycles. The summed E-state index contributed by atoms with van der Waals surface area (Å²) >= 11 is 6.78. The van der Waals surface area contributed by atoms with E-state index < -0.39 is 35.9 Å². The highest BCUT2D eigenvalue weighted by atomic mass is 35.5. The molecule has 0 aliphatic carbocycles. The third-order valence-electron chi connectivity index (χ3n) is 3.52. The molecule has 3 rings (SSSR count). The highest BCUT2D eigenvalue weighted by molar-refractivity contribution is 7.20. The van der Waals surface area contributed by atoms with Crippen LogP contribution < -0.4 is 5.32 Å².